The summed E-state index contributed by atoms with van der Waals surface area (Å²) in [5.74, 6) is 1.10. The lowest BCUT2D eigenvalue weighted by molar-refractivity contribution is -0.115. The average molecular weight is 370 g/mol. The zero-order valence-corrected chi connectivity index (χ0v) is 15.6. The molecule has 1 aromatic heterocycles. The molecule has 1 heterocycles. The third kappa shape index (κ3) is 4.41. The van der Waals surface area contributed by atoms with E-state index in [0.717, 1.165) is 22.0 Å². The highest BCUT2D eigenvalue weighted by molar-refractivity contribution is 8.00. The fourth-order valence-corrected chi connectivity index (χ4v) is 3.91. The van der Waals surface area contributed by atoms with Crippen molar-refractivity contribution in [2.75, 3.05) is 17.8 Å². The Balaban J connectivity index is 1.80. The molecule has 0 aliphatic rings. The number of benzene rings is 2. The van der Waals surface area contributed by atoms with Crippen molar-refractivity contribution in [3.8, 4) is 5.75 Å². The Bertz CT molecular complexity index is 849. The molecule has 4 nitrogen and oxygen atoms in total. The van der Waals surface area contributed by atoms with E-state index >= 15 is 0 Å². The summed E-state index contributed by atoms with van der Waals surface area (Å²) in [5.41, 5.74) is 1.74. The topological polar surface area (TPSA) is 42.4 Å². The van der Waals surface area contributed by atoms with E-state index in [1.807, 2.05) is 66.9 Å². The van der Waals surface area contributed by atoms with Crippen LogP contribution in [0.5, 0.6) is 5.75 Å². The molecule has 3 aromatic rings. The fraction of sp³-hybridized carbons (Fsp3) is 0.158. The van der Waals surface area contributed by atoms with Gasteiger partial charge in [0.2, 0.25) is 5.91 Å². The van der Waals surface area contributed by atoms with Crippen molar-refractivity contribution >= 4 is 39.8 Å². The lowest BCUT2D eigenvalue weighted by Crippen LogP contribution is -2.27. The molecule has 0 aliphatic heterocycles. The number of thiazole rings is 1. The molecule has 0 saturated carbocycles. The average Bonchev–Trinajstić information content (AvgIpc) is 3.07. The molecule has 0 bridgehead atoms. The van der Waals surface area contributed by atoms with Crippen molar-refractivity contribution in [2.45, 2.75) is 11.8 Å². The van der Waals surface area contributed by atoms with Crippen LogP contribution >= 0.6 is 23.1 Å². The van der Waals surface area contributed by atoms with Gasteiger partial charge in [0.15, 0.2) is 5.13 Å². The predicted molar refractivity (Wildman–Crippen MR) is 104 cm³/mol. The van der Waals surface area contributed by atoms with Crippen LogP contribution in [0.2, 0.25) is 0 Å². The number of aromatic nitrogens is 1. The van der Waals surface area contributed by atoms with Gasteiger partial charge in [0, 0.05) is 10.3 Å². The van der Waals surface area contributed by atoms with Gasteiger partial charge < -0.3 is 4.74 Å². The Kier molecular flexibility index (Phi) is 5.73. The Morgan fingerprint density at radius 2 is 2.00 bits per heavy atom. The quantitative estimate of drug-likeness (QED) is 0.578. The standard InChI is InChI=1S/C19H18N2O2S2/c1-14-12-25-19(20-14)21(15-7-4-3-5-8-15)18(22)13-24-17-10-6-9-16(11-17)23-2/h3-12H,13H2,1-2H3. The van der Waals surface area contributed by atoms with Gasteiger partial charge in [-0.1, -0.05) is 24.3 Å². The normalized spacial score (nSPS) is 10.5. The van der Waals surface area contributed by atoms with Crippen molar-refractivity contribution in [1.82, 2.24) is 4.98 Å². The molecule has 0 unspecified atom stereocenters. The predicted octanol–water partition coefficient (Wildman–Crippen LogP) is 4.92. The lowest BCUT2D eigenvalue weighted by atomic mass is 10.3. The number of amides is 1. The minimum absolute atomic E-state index is 0.00614. The third-order valence-electron chi connectivity index (χ3n) is 3.47. The number of ether oxygens (including phenoxy) is 1. The largest absolute Gasteiger partial charge is 0.497 e. The van der Waals surface area contributed by atoms with Crippen molar-refractivity contribution < 1.29 is 9.53 Å². The highest BCUT2D eigenvalue weighted by atomic mass is 32.2. The summed E-state index contributed by atoms with van der Waals surface area (Å²) in [4.78, 5) is 20.1. The first-order valence-corrected chi connectivity index (χ1v) is 9.61. The molecule has 0 aliphatic carbocycles. The minimum Gasteiger partial charge on any atom is -0.497 e. The zero-order valence-electron chi connectivity index (χ0n) is 14.0. The van der Waals surface area contributed by atoms with Gasteiger partial charge in [0.1, 0.15) is 5.75 Å². The monoisotopic (exact) mass is 370 g/mol. The van der Waals surface area contributed by atoms with Gasteiger partial charge in [-0.05, 0) is 37.3 Å². The molecule has 0 saturated heterocycles. The molecular weight excluding hydrogens is 352 g/mol. The van der Waals surface area contributed by atoms with Gasteiger partial charge in [-0.15, -0.1) is 23.1 Å². The van der Waals surface area contributed by atoms with Gasteiger partial charge in [-0.2, -0.15) is 0 Å². The second-order valence-corrected chi connectivity index (χ2v) is 7.19. The maximum Gasteiger partial charge on any atom is 0.243 e. The third-order valence-corrected chi connectivity index (χ3v) is 5.39. The van der Waals surface area contributed by atoms with E-state index in [2.05, 4.69) is 4.98 Å². The van der Waals surface area contributed by atoms with E-state index in [-0.39, 0.29) is 5.91 Å². The van der Waals surface area contributed by atoms with E-state index in [0.29, 0.717) is 10.9 Å². The molecular formula is C19H18N2O2S2. The summed E-state index contributed by atoms with van der Waals surface area (Å²) >= 11 is 2.96. The molecule has 0 atom stereocenters. The number of hydrogen-bond donors (Lipinski definition) is 0. The number of carbonyl (C=O) groups excluding carboxylic acids is 1. The Morgan fingerprint density at radius 3 is 2.68 bits per heavy atom. The van der Waals surface area contributed by atoms with Gasteiger partial charge in [0.25, 0.3) is 0 Å². The molecule has 0 spiro atoms. The number of nitrogens with zero attached hydrogens (tertiary/aromatic N) is 2. The maximum absolute atomic E-state index is 12.9. The second kappa shape index (κ2) is 8.18. The summed E-state index contributed by atoms with van der Waals surface area (Å²) in [6, 6.07) is 17.3. The van der Waals surface area contributed by atoms with Crippen LogP contribution in [0, 0.1) is 6.92 Å². The van der Waals surface area contributed by atoms with Crippen LogP contribution in [0.1, 0.15) is 5.69 Å². The van der Waals surface area contributed by atoms with Crippen LogP contribution in [-0.2, 0) is 4.79 Å². The van der Waals surface area contributed by atoms with Crippen LogP contribution < -0.4 is 9.64 Å². The minimum atomic E-state index is -0.00614. The number of anilines is 2. The first kappa shape index (κ1) is 17.5. The molecule has 6 heteroatoms. The second-order valence-electron chi connectivity index (χ2n) is 5.30. The summed E-state index contributed by atoms with van der Waals surface area (Å²) in [7, 11) is 1.64. The van der Waals surface area contributed by atoms with E-state index in [4.69, 9.17) is 4.74 Å². The molecule has 0 N–H and O–H groups in total. The molecule has 0 radical (unpaired) electrons. The Morgan fingerprint density at radius 1 is 1.20 bits per heavy atom. The molecule has 3 rings (SSSR count). The van der Waals surface area contributed by atoms with Crippen LogP contribution in [0.4, 0.5) is 10.8 Å². The van der Waals surface area contributed by atoms with Gasteiger partial charge in [-0.3, -0.25) is 9.69 Å². The highest BCUT2D eigenvalue weighted by Gasteiger charge is 2.20. The molecule has 25 heavy (non-hydrogen) atoms. The van der Waals surface area contributed by atoms with Gasteiger partial charge >= 0.3 is 0 Å². The van der Waals surface area contributed by atoms with Crippen LogP contribution in [0.3, 0.4) is 0 Å². The number of thioether (sulfide) groups is 1. The van der Waals surface area contributed by atoms with Gasteiger partial charge in [-0.25, -0.2) is 4.98 Å². The summed E-state index contributed by atoms with van der Waals surface area (Å²) in [6.07, 6.45) is 0. The Labute approximate surface area is 155 Å². The summed E-state index contributed by atoms with van der Waals surface area (Å²) in [6.45, 7) is 1.93. The van der Waals surface area contributed by atoms with E-state index in [9.17, 15) is 4.79 Å². The maximum atomic E-state index is 12.9. The smallest absolute Gasteiger partial charge is 0.243 e. The zero-order chi connectivity index (χ0) is 17.6. The van der Waals surface area contributed by atoms with Crippen molar-refractivity contribution in [1.29, 1.82) is 0 Å². The first-order chi connectivity index (χ1) is 12.2. The highest BCUT2D eigenvalue weighted by Crippen LogP contribution is 2.30. The van der Waals surface area contributed by atoms with Crippen molar-refractivity contribution in [2.24, 2.45) is 0 Å². The van der Waals surface area contributed by atoms with Gasteiger partial charge in [0.05, 0.1) is 24.2 Å². The van der Waals surface area contributed by atoms with E-state index in [1.54, 1.807) is 12.0 Å². The molecule has 1 amide bonds. The first-order valence-electron chi connectivity index (χ1n) is 7.74. The summed E-state index contributed by atoms with van der Waals surface area (Å²) in [5, 5.41) is 2.65. The molecule has 0 fully saturated rings. The SMILES string of the molecule is COc1cccc(SCC(=O)N(c2ccccc2)c2nc(C)cs2)c1. The molecule has 128 valence electrons. The number of hydrogen-bond acceptors (Lipinski definition) is 5. The van der Waals surface area contributed by atoms with Crippen molar-refractivity contribution in [3.05, 3.63) is 65.7 Å². The van der Waals surface area contributed by atoms with Crippen LogP contribution in [-0.4, -0.2) is 23.8 Å². The van der Waals surface area contributed by atoms with E-state index < -0.39 is 0 Å². The summed E-state index contributed by atoms with van der Waals surface area (Å²) < 4.78 is 5.23. The fourth-order valence-electron chi connectivity index (χ4n) is 2.28. The number of aryl methyl sites for hydroxylation is 1. The number of carbonyl (C=O) groups is 1. The Hall–Kier alpha value is -2.31. The lowest BCUT2D eigenvalue weighted by Gasteiger charge is -2.20. The number of rotatable bonds is 6. The van der Waals surface area contributed by atoms with Crippen LogP contribution in [0.25, 0.3) is 0 Å². The van der Waals surface area contributed by atoms with E-state index in [1.165, 1.54) is 23.1 Å². The van der Waals surface area contributed by atoms with Crippen LogP contribution in [0.15, 0.2) is 64.9 Å². The molecule has 2 aromatic carbocycles. The number of para-hydroxylation sites is 1. The van der Waals surface area contributed by atoms with Crippen molar-refractivity contribution in [3.63, 3.8) is 0 Å². The number of methoxy groups -OCH3 is 1.